The third-order valence-corrected chi connectivity index (χ3v) is 4.69. The molecule has 0 amide bonds. The number of benzene rings is 2. The summed E-state index contributed by atoms with van der Waals surface area (Å²) in [5, 5.41) is 5.97. The van der Waals surface area contributed by atoms with Gasteiger partial charge in [-0.15, -0.1) is 11.3 Å². The monoisotopic (exact) mass is 375 g/mol. The molecule has 1 aromatic heterocycles. The number of hydrogen-bond acceptors (Lipinski definition) is 6. The van der Waals surface area contributed by atoms with Gasteiger partial charge in [0.25, 0.3) is 0 Å². The second-order valence-electron chi connectivity index (χ2n) is 5.34. The van der Waals surface area contributed by atoms with E-state index >= 15 is 0 Å². The zero-order valence-corrected chi connectivity index (χ0v) is 15.3. The van der Waals surface area contributed by atoms with E-state index in [-0.39, 0.29) is 0 Å². The predicted octanol–water partition coefficient (Wildman–Crippen LogP) is 3.93. The number of ether oxygens (including phenoxy) is 1. The SMILES string of the molecule is COc1ccc(Nc2nc(-c3ccc(NS(C)(=O)=O)cc3)cs2)cc1. The summed E-state index contributed by atoms with van der Waals surface area (Å²) in [7, 11) is -1.64. The summed E-state index contributed by atoms with van der Waals surface area (Å²) in [5.74, 6) is 0.799. The molecule has 3 aromatic rings. The van der Waals surface area contributed by atoms with Crippen LogP contribution in [0.5, 0.6) is 5.75 Å². The standard InChI is InChI=1S/C17H17N3O3S2/c1-23-15-9-7-13(8-10-15)18-17-19-16(11-24-17)12-3-5-14(6-4-12)20-25(2,21)22/h3-11,20H,1-2H3,(H,18,19). The Morgan fingerprint density at radius 3 is 2.24 bits per heavy atom. The van der Waals surface area contributed by atoms with Gasteiger partial charge in [-0.3, -0.25) is 4.72 Å². The smallest absolute Gasteiger partial charge is 0.229 e. The molecule has 0 bridgehead atoms. The molecule has 0 spiro atoms. The van der Waals surface area contributed by atoms with Crippen LogP contribution in [0, 0.1) is 0 Å². The maximum Gasteiger partial charge on any atom is 0.229 e. The molecule has 3 rings (SSSR count). The summed E-state index contributed by atoms with van der Waals surface area (Å²) in [6.45, 7) is 0. The first-order valence-electron chi connectivity index (χ1n) is 7.38. The number of thiazole rings is 1. The number of methoxy groups -OCH3 is 1. The molecule has 0 saturated heterocycles. The molecule has 0 atom stereocenters. The van der Waals surface area contributed by atoms with Crippen LogP contribution in [0.3, 0.4) is 0 Å². The van der Waals surface area contributed by atoms with Crippen molar-refractivity contribution in [2.45, 2.75) is 0 Å². The van der Waals surface area contributed by atoms with Gasteiger partial charge in [-0.1, -0.05) is 12.1 Å². The molecule has 25 heavy (non-hydrogen) atoms. The highest BCUT2D eigenvalue weighted by molar-refractivity contribution is 7.92. The van der Waals surface area contributed by atoms with E-state index in [0.717, 1.165) is 34.1 Å². The Morgan fingerprint density at radius 2 is 1.64 bits per heavy atom. The maximum atomic E-state index is 11.2. The molecule has 0 radical (unpaired) electrons. The van der Waals surface area contributed by atoms with Crippen molar-refractivity contribution in [3.63, 3.8) is 0 Å². The number of rotatable bonds is 6. The van der Waals surface area contributed by atoms with Crippen LogP contribution in [0.25, 0.3) is 11.3 Å². The zero-order valence-electron chi connectivity index (χ0n) is 13.7. The van der Waals surface area contributed by atoms with Crippen LogP contribution in [-0.2, 0) is 10.0 Å². The van der Waals surface area contributed by atoms with E-state index in [9.17, 15) is 8.42 Å². The van der Waals surface area contributed by atoms with Crippen LogP contribution in [0.2, 0.25) is 0 Å². The van der Waals surface area contributed by atoms with Crippen LogP contribution in [0.15, 0.2) is 53.9 Å². The fourth-order valence-corrected chi connectivity index (χ4v) is 3.49. The van der Waals surface area contributed by atoms with Crippen molar-refractivity contribution in [2.24, 2.45) is 0 Å². The fraction of sp³-hybridized carbons (Fsp3) is 0.118. The lowest BCUT2D eigenvalue weighted by molar-refractivity contribution is 0.415. The predicted molar refractivity (Wildman–Crippen MR) is 102 cm³/mol. The van der Waals surface area contributed by atoms with E-state index in [1.54, 1.807) is 19.2 Å². The molecule has 8 heteroatoms. The Kier molecular flexibility index (Phi) is 4.91. The van der Waals surface area contributed by atoms with Crippen molar-refractivity contribution in [3.8, 4) is 17.0 Å². The second kappa shape index (κ2) is 7.12. The van der Waals surface area contributed by atoms with Gasteiger partial charge in [0.2, 0.25) is 10.0 Å². The van der Waals surface area contributed by atoms with E-state index < -0.39 is 10.0 Å². The Bertz CT molecular complexity index is 950. The summed E-state index contributed by atoms with van der Waals surface area (Å²) < 4.78 is 30.0. The Hall–Kier alpha value is -2.58. The van der Waals surface area contributed by atoms with Gasteiger partial charge in [0.1, 0.15) is 5.75 Å². The molecule has 0 saturated carbocycles. The highest BCUT2D eigenvalue weighted by Crippen LogP contribution is 2.28. The molecule has 1 heterocycles. The summed E-state index contributed by atoms with van der Waals surface area (Å²) in [5.41, 5.74) is 3.19. The summed E-state index contributed by atoms with van der Waals surface area (Å²) in [6, 6.07) is 14.7. The second-order valence-corrected chi connectivity index (χ2v) is 7.95. The van der Waals surface area contributed by atoms with Gasteiger partial charge in [0, 0.05) is 22.3 Å². The van der Waals surface area contributed by atoms with Crippen LogP contribution in [0.4, 0.5) is 16.5 Å². The average Bonchev–Trinajstić information content (AvgIpc) is 3.03. The topological polar surface area (TPSA) is 80.3 Å². The molecule has 2 N–H and O–H groups in total. The van der Waals surface area contributed by atoms with Crippen LogP contribution in [-0.4, -0.2) is 26.8 Å². The van der Waals surface area contributed by atoms with Gasteiger partial charge in [-0.2, -0.15) is 0 Å². The Morgan fingerprint density at radius 1 is 1.00 bits per heavy atom. The Balaban J connectivity index is 1.72. The number of hydrogen-bond donors (Lipinski definition) is 2. The largest absolute Gasteiger partial charge is 0.497 e. The van der Waals surface area contributed by atoms with Crippen molar-refractivity contribution in [1.82, 2.24) is 4.98 Å². The van der Waals surface area contributed by atoms with Crippen LogP contribution >= 0.6 is 11.3 Å². The Labute approximate surface area is 150 Å². The first-order chi connectivity index (χ1) is 11.9. The van der Waals surface area contributed by atoms with Crippen molar-refractivity contribution >= 4 is 37.9 Å². The van der Waals surface area contributed by atoms with E-state index in [1.807, 2.05) is 41.8 Å². The van der Waals surface area contributed by atoms with Gasteiger partial charge in [0.15, 0.2) is 5.13 Å². The first kappa shape index (κ1) is 17.2. The fourth-order valence-electron chi connectivity index (χ4n) is 2.18. The third-order valence-electron chi connectivity index (χ3n) is 3.33. The molecular formula is C17H17N3O3S2. The molecule has 2 aromatic carbocycles. The first-order valence-corrected chi connectivity index (χ1v) is 10.1. The van der Waals surface area contributed by atoms with Crippen molar-refractivity contribution in [3.05, 3.63) is 53.9 Å². The molecule has 0 unspecified atom stereocenters. The number of nitrogens with one attached hydrogen (secondary N) is 2. The maximum absolute atomic E-state index is 11.2. The van der Waals surface area contributed by atoms with E-state index in [2.05, 4.69) is 15.0 Å². The highest BCUT2D eigenvalue weighted by Gasteiger charge is 2.07. The number of nitrogens with zero attached hydrogens (tertiary/aromatic N) is 1. The normalized spacial score (nSPS) is 11.1. The van der Waals surface area contributed by atoms with Crippen molar-refractivity contribution in [2.75, 3.05) is 23.4 Å². The number of anilines is 3. The minimum Gasteiger partial charge on any atom is -0.497 e. The molecule has 0 aliphatic carbocycles. The summed E-state index contributed by atoms with van der Waals surface area (Å²) in [6.07, 6.45) is 1.12. The molecular weight excluding hydrogens is 358 g/mol. The highest BCUT2D eigenvalue weighted by atomic mass is 32.2. The molecule has 0 aliphatic heterocycles. The van der Waals surface area contributed by atoms with Crippen LogP contribution in [0.1, 0.15) is 0 Å². The van der Waals surface area contributed by atoms with Gasteiger partial charge in [-0.05, 0) is 36.4 Å². The number of sulfonamides is 1. The minimum absolute atomic E-state index is 0.526. The summed E-state index contributed by atoms with van der Waals surface area (Å²) >= 11 is 1.50. The van der Waals surface area contributed by atoms with Gasteiger partial charge < -0.3 is 10.1 Å². The van der Waals surface area contributed by atoms with Gasteiger partial charge in [-0.25, -0.2) is 13.4 Å². The lowest BCUT2D eigenvalue weighted by atomic mass is 10.1. The molecule has 0 aliphatic rings. The van der Waals surface area contributed by atoms with E-state index in [1.165, 1.54) is 11.3 Å². The lowest BCUT2D eigenvalue weighted by Crippen LogP contribution is -2.09. The molecule has 0 fully saturated rings. The number of aromatic nitrogens is 1. The lowest BCUT2D eigenvalue weighted by Gasteiger charge is -2.05. The quantitative estimate of drug-likeness (QED) is 0.682. The van der Waals surface area contributed by atoms with Gasteiger partial charge in [0.05, 0.1) is 19.1 Å². The van der Waals surface area contributed by atoms with E-state index in [0.29, 0.717) is 5.69 Å². The minimum atomic E-state index is -3.27. The molecule has 6 nitrogen and oxygen atoms in total. The average molecular weight is 375 g/mol. The molecule has 130 valence electrons. The van der Waals surface area contributed by atoms with Gasteiger partial charge >= 0.3 is 0 Å². The van der Waals surface area contributed by atoms with Crippen LogP contribution < -0.4 is 14.8 Å². The van der Waals surface area contributed by atoms with Crippen molar-refractivity contribution in [1.29, 1.82) is 0 Å². The van der Waals surface area contributed by atoms with Crippen molar-refractivity contribution < 1.29 is 13.2 Å². The summed E-state index contributed by atoms with van der Waals surface area (Å²) in [4.78, 5) is 4.56. The third kappa shape index (κ3) is 4.71. The zero-order chi connectivity index (χ0) is 17.9. The van der Waals surface area contributed by atoms with E-state index in [4.69, 9.17) is 4.74 Å².